The van der Waals surface area contributed by atoms with E-state index in [-0.39, 0.29) is 27.9 Å². The third kappa shape index (κ3) is 2.87. The Balaban J connectivity index is 2.62. The Hall–Kier alpha value is -2.41. The van der Waals surface area contributed by atoms with Crippen molar-refractivity contribution in [2.24, 2.45) is 0 Å². The van der Waals surface area contributed by atoms with E-state index >= 15 is 0 Å². The van der Waals surface area contributed by atoms with Crippen molar-refractivity contribution in [3.05, 3.63) is 34.7 Å². The summed E-state index contributed by atoms with van der Waals surface area (Å²) in [7, 11) is 2.42. The Morgan fingerprint density at radius 2 is 2.05 bits per heavy atom. The Kier molecular flexibility index (Phi) is 4.23. The van der Waals surface area contributed by atoms with Gasteiger partial charge in [-0.2, -0.15) is 4.98 Å². The number of rotatable bonds is 3. The zero-order valence-electron chi connectivity index (χ0n) is 11.1. The van der Waals surface area contributed by atoms with Gasteiger partial charge in [-0.05, 0) is 12.1 Å². The number of benzene rings is 1. The normalized spacial score (nSPS) is 10.3. The maximum Gasteiger partial charge on any atom is 0.356 e. The second-order valence-electron chi connectivity index (χ2n) is 3.87. The van der Waals surface area contributed by atoms with E-state index in [2.05, 4.69) is 14.7 Å². The number of aromatic hydroxyl groups is 1. The predicted molar refractivity (Wildman–Crippen MR) is 72.0 cm³/mol. The maximum absolute atomic E-state index is 14.3. The summed E-state index contributed by atoms with van der Waals surface area (Å²) in [6.45, 7) is 0. The molecular formula is C13H10ClFN2O4. The maximum atomic E-state index is 14.3. The molecule has 2 aromatic rings. The molecule has 0 bridgehead atoms. The summed E-state index contributed by atoms with van der Waals surface area (Å²) in [5.41, 5.74) is -0.273. The molecule has 1 aromatic heterocycles. The molecule has 0 aliphatic carbocycles. The van der Waals surface area contributed by atoms with Gasteiger partial charge in [0.15, 0.2) is 23.1 Å². The molecule has 21 heavy (non-hydrogen) atoms. The summed E-state index contributed by atoms with van der Waals surface area (Å²) < 4.78 is 23.6. The van der Waals surface area contributed by atoms with E-state index in [0.717, 1.165) is 13.2 Å². The fraction of sp³-hybridized carbons (Fsp3) is 0.154. The first-order chi connectivity index (χ1) is 9.97. The summed E-state index contributed by atoms with van der Waals surface area (Å²) in [5, 5.41) is 9.61. The number of methoxy groups -OCH3 is 2. The van der Waals surface area contributed by atoms with Crippen LogP contribution >= 0.6 is 11.6 Å². The summed E-state index contributed by atoms with van der Waals surface area (Å²) >= 11 is 5.80. The van der Waals surface area contributed by atoms with Gasteiger partial charge in [-0.25, -0.2) is 14.2 Å². The standard InChI is InChI=1S/C13H10ClFN2O4/c1-20-11-7(14)4-3-6(10(11)15)12-16-8(13(19)21-2)5-9(18)17-12/h3-5H,1-2H3,(H,16,17,18). The fourth-order valence-corrected chi connectivity index (χ4v) is 1.88. The van der Waals surface area contributed by atoms with Crippen molar-refractivity contribution in [2.45, 2.75) is 0 Å². The minimum atomic E-state index is -0.800. The first kappa shape index (κ1) is 15.0. The molecule has 0 aliphatic heterocycles. The van der Waals surface area contributed by atoms with Crippen LogP contribution in [0.2, 0.25) is 5.02 Å². The monoisotopic (exact) mass is 312 g/mol. The molecule has 0 saturated carbocycles. The lowest BCUT2D eigenvalue weighted by Crippen LogP contribution is -2.06. The highest BCUT2D eigenvalue weighted by atomic mass is 35.5. The summed E-state index contributed by atoms with van der Waals surface area (Å²) in [4.78, 5) is 19.0. The van der Waals surface area contributed by atoms with E-state index in [4.69, 9.17) is 16.3 Å². The predicted octanol–water partition coefficient (Wildman–Crippen LogP) is 2.44. The summed E-state index contributed by atoms with van der Waals surface area (Å²) in [6.07, 6.45) is 0. The van der Waals surface area contributed by atoms with Gasteiger partial charge in [0.25, 0.3) is 0 Å². The van der Waals surface area contributed by atoms with Crippen LogP contribution in [0.3, 0.4) is 0 Å². The molecule has 110 valence electrons. The lowest BCUT2D eigenvalue weighted by Gasteiger charge is -2.09. The third-order valence-corrected chi connectivity index (χ3v) is 2.90. The smallest absolute Gasteiger partial charge is 0.356 e. The van der Waals surface area contributed by atoms with Crippen LogP contribution in [0.1, 0.15) is 10.5 Å². The number of hydrogen-bond acceptors (Lipinski definition) is 6. The van der Waals surface area contributed by atoms with E-state index in [1.54, 1.807) is 0 Å². The average Bonchev–Trinajstić information content (AvgIpc) is 2.46. The Bertz CT molecular complexity index is 709. The second kappa shape index (κ2) is 5.92. The molecule has 1 heterocycles. The highest BCUT2D eigenvalue weighted by molar-refractivity contribution is 6.32. The van der Waals surface area contributed by atoms with E-state index in [1.165, 1.54) is 19.2 Å². The fourth-order valence-electron chi connectivity index (χ4n) is 1.66. The minimum absolute atomic E-state index is 0.0719. The van der Waals surface area contributed by atoms with Crippen LogP contribution < -0.4 is 4.74 Å². The number of aromatic nitrogens is 2. The van der Waals surface area contributed by atoms with Crippen LogP contribution in [0.5, 0.6) is 11.6 Å². The molecule has 0 spiro atoms. The third-order valence-electron chi connectivity index (χ3n) is 2.60. The number of ether oxygens (including phenoxy) is 2. The van der Waals surface area contributed by atoms with Crippen LogP contribution in [0.15, 0.2) is 18.2 Å². The highest BCUT2D eigenvalue weighted by Crippen LogP contribution is 2.34. The van der Waals surface area contributed by atoms with E-state index in [9.17, 15) is 14.3 Å². The van der Waals surface area contributed by atoms with Crippen LogP contribution in [-0.4, -0.2) is 35.3 Å². The summed E-state index contributed by atoms with van der Waals surface area (Å²) in [5.74, 6) is -2.45. The van der Waals surface area contributed by atoms with Crippen molar-refractivity contribution in [3.8, 4) is 23.0 Å². The molecule has 0 radical (unpaired) electrons. The quantitative estimate of drug-likeness (QED) is 0.877. The molecule has 0 fully saturated rings. The van der Waals surface area contributed by atoms with Gasteiger partial charge in [-0.1, -0.05) is 11.6 Å². The topological polar surface area (TPSA) is 81.5 Å². The first-order valence-corrected chi connectivity index (χ1v) is 6.04. The SMILES string of the molecule is COC(=O)c1cc(O)nc(-c2ccc(Cl)c(OC)c2F)n1. The van der Waals surface area contributed by atoms with E-state index in [0.29, 0.717) is 0 Å². The zero-order valence-corrected chi connectivity index (χ0v) is 11.8. The van der Waals surface area contributed by atoms with Gasteiger partial charge in [0.05, 0.1) is 24.8 Å². The number of carbonyl (C=O) groups is 1. The Morgan fingerprint density at radius 3 is 2.67 bits per heavy atom. The van der Waals surface area contributed by atoms with Crippen LogP contribution in [0, 0.1) is 5.82 Å². The molecule has 0 unspecified atom stereocenters. The lowest BCUT2D eigenvalue weighted by molar-refractivity contribution is 0.0593. The van der Waals surface area contributed by atoms with Crippen molar-refractivity contribution in [2.75, 3.05) is 14.2 Å². The minimum Gasteiger partial charge on any atom is -0.493 e. The number of nitrogens with zero attached hydrogens (tertiary/aromatic N) is 2. The van der Waals surface area contributed by atoms with Crippen molar-refractivity contribution in [1.82, 2.24) is 9.97 Å². The highest BCUT2D eigenvalue weighted by Gasteiger charge is 2.19. The van der Waals surface area contributed by atoms with Gasteiger partial charge < -0.3 is 14.6 Å². The molecule has 0 aliphatic rings. The van der Waals surface area contributed by atoms with Gasteiger partial charge in [0.2, 0.25) is 5.88 Å². The van der Waals surface area contributed by atoms with Gasteiger partial charge in [-0.15, -0.1) is 0 Å². The summed E-state index contributed by atoms with van der Waals surface area (Å²) in [6, 6.07) is 3.72. The van der Waals surface area contributed by atoms with Gasteiger partial charge in [0, 0.05) is 6.07 Å². The van der Waals surface area contributed by atoms with E-state index in [1.807, 2.05) is 0 Å². The largest absolute Gasteiger partial charge is 0.493 e. The van der Waals surface area contributed by atoms with Crippen molar-refractivity contribution in [1.29, 1.82) is 0 Å². The molecule has 0 amide bonds. The molecular weight excluding hydrogens is 303 g/mol. The van der Waals surface area contributed by atoms with Gasteiger partial charge in [-0.3, -0.25) is 0 Å². The van der Waals surface area contributed by atoms with Crippen LogP contribution in [-0.2, 0) is 4.74 Å². The van der Waals surface area contributed by atoms with Crippen molar-refractivity contribution in [3.63, 3.8) is 0 Å². The number of esters is 1. The zero-order chi connectivity index (χ0) is 15.6. The Labute approximate surface area is 124 Å². The molecule has 6 nitrogen and oxygen atoms in total. The molecule has 1 aromatic carbocycles. The number of halogens is 2. The average molecular weight is 313 g/mol. The van der Waals surface area contributed by atoms with Crippen LogP contribution in [0.4, 0.5) is 4.39 Å². The second-order valence-corrected chi connectivity index (χ2v) is 4.28. The molecule has 0 atom stereocenters. The number of carbonyl (C=O) groups excluding carboxylic acids is 1. The van der Waals surface area contributed by atoms with Crippen molar-refractivity contribution >= 4 is 17.6 Å². The first-order valence-electron chi connectivity index (χ1n) is 5.66. The lowest BCUT2D eigenvalue weighted by atomic mass is 10.1. The molecule has 8 heteroatoms. The van der Waals surface area contributed by atoms with Gasteiger partial charge in [0.1, 0.15) is 0 Å². The van der Waals surface area contributed by atoms with E-state index < -0.39 is 17.7 Å². The molecule has 1 N–H and O–H groups in total. The van der Waals surface area contributed by atoms with Gasteiger partial charge >= 0.3 is 5.97 Å². The number of hydrogen-bond donors (Lipinski definition) is 1. The van der Waals surface area contributed by atoms with Crippen molar-refractivity contribution < 1.29 is 23.8 Å². The molecule has 2 rings (SSSR count). The Morgan fingerprint density at radius 1 is 1.33 bits per heavy atom. The van der Waals surface area contributed by atoms with Crippen LogP contribution in [0.25, 0.3) is 11.4 Å². The molecule has 0 saturated heterocycles.